The maximum absolute atomic E-state index is 12.0. The molecule has 0 aliphatic carbocycles. The van der Waals surface area contributed by atoms with Crippen LogP contribution in [0.2, 0.25) is 4.34 Å². The molecule has 2 aromatic rings. The number of carbonyl (C=O) groups is 1. The van der Waals surface area contributed by atoms with Gasteiger partial charge in [0.25, 0.3) is 5.56 Å². The fourth-order valence-electron chi connectivity index (χ4n) is 1.52. The van der Waals surface area contributed by atoms with Gasteiger partial charge in [-0.3, -0.25) is 10.1 Å². The summed E-state index contributed by atoms with van der Waals surface area (Å²) in [7, 11) is 3.19. The van der Waals surface area contributed by atoms with Crippen molar-refractivity contribution < 1.29 is 4.79 Å². The molecular formula is C12H13ClN4O2S. The lowest BCUT2D eigenvalue weighted by molar-refractivity contribution is 0.221. The largest absolute Gasteiger partial charge is 0.323 e. The Balaban J connectivity index is 2.00. The van der Waals surface area contributed by atoms with E-state index in [0.717, 1.165) is 9.56 Å². The molecule has 0 saturated carbocycles. The summed E-state index contributed by atoms with van der Waals surface area (Å²) in [6.07, 6.45) is 0. The van der Waals surface area contributed by atoms with E-state index in [1.807, 2.05) is 6.07 Å². The van der Waals surface area contributed by atoms with Crippen LogP contribution in [-0.2, 0) is 13.6 Å². The molecule has 106 valence electrons. The highest BCUT2D eigenvalue weighted by Gasteiger charge is 2.11. The number of amides is 2. The van der Waals surface area contributed by atoms with Crippen LogP contribution in [0.3, 0.4) is 0 Å². The highest BCUT2D eigenvalue weighted by molar-refractivity contribution is 7.16. The minimum absolute atomic E-state index is 0.232. The molecule has 1 N–H and O–H groups in total. The first-order chi connectivity index (χ1) is 9.45. The molecular weight excluding hydrogens is 300 g/mol. The Morgan fingerprint density at radius 2 is 2.20 bits per heavy atom. The van der Waals surface area contributed by atoms with Crippen molar-refractivity contribution in [2.24, 2.45) is 7.05 Å². The average Bonchev–Trinajstić information content (AvgIpc) is 2.79. The van der Waals surface area contributed by atoms with Gasteiger partial charge in [0.15, 0.2) is 5.82 Å². The predicted octanol–water partition coefficient (Wildman–Crippen LogP) is 2.16. The fourth-order valence-corrected chi connectivity index (χ4v) is 2.66. The van der Waals surface area contributed by atoms with E-state index in [4.69, 9.17) is 11.6 Å². The highest BCUT2D eigenvalue weighted by Crippen LogP contribution is 2.22. The summed E-state index contributed by atoms with van der Waals surface area (Å²) in [4.78, 5) is 25.7. The van der Waals surface area contributed by atoms with Gasteiger partial charge in [0.1, 0.15) is 0 Å². The van der Waals surface area contributed by atoms with Crippen molar-refractivity contribution in [2.45, 2.75) is 6.54 Å². The number of nitrogens with one attached hydrogen (secondary N) is 1. The van der Waals surface area contributed by atoms with Gasteiger partial charge < -0.3 is 4.90 Å². The molecule has 20 heavy (non-hydrogen) atoms. The number of rotatable bonds is 3. The summed E-state index contributed by atoms with van der Waals surface area (Å²) in [6, 6.07) is 6.18. The standard InChI is InChI=1S/C12H13ClN4O2S/c1-16(7-8-3-4-9(13)20-8)12(19)14-10-5-6-11(18)17(2)15-10/h3-6H,7H2,1-2H3,(H,14,15,19). The van der Waals surface area contributed by atoms with E-state index in [1.165, 1.54) is 35.4 Å². The molecule has 6 nitrogen and oxygen atoms in total. The van der Waals surface area contributed by atoms with Gasteiger partial charge in [0.2, 0.25) is 0 Å². The lowest BCUT2D eigenvalue weighted by atomic mass is 10.4. The summed E-state index contributed by atoms with van der Waals surface area (Å²) >= 11 is 7.27. The molecule has 8 heteroatoms. The molecule has 2 rings (SSSR count). The zero-order valence-corrected chi connectivity index (χ0v) is 12.5. The van der Waals surface area contributed by atoms with Crippen LogP contribution in [0.4, 0.5) is 10.6 Å². The third-order valence-corrected chi connectivity index (χ3v) is 3.78. The number of anilines is 1. The van der Waals surface area contributed by atoms with Gasteiger partial charge in [-0.1, -0.05) is 11.6 Å². The molecule has 2 amide bonds. The fraction of sp³-hybridized carbons (Fsp3) is 0.250. The number of nitrogens with zero attached hydrogens (tertiary/aromatic N) is 3. The molecule has 0 fully saturated rings. The Kier molecular flexibility index (Phi) is 4.41. The number of carbonyl (C=O) groups excluding carboxylic acids is 1. The number of urea groups is 1. The second-order valence-electron chi connectivity index (χ2n) is 4.17. The maximum atomic E-state index is 12.0. The van der Waals surface area contributed by atoms with Crippen LogP contribution >= 0.6 is 22.9 Å². The van der Waals surface area contributed by atoms with Crippen LogP contribution in [0.1, 0.15) is 4.88 Å². The Morgan fingerprint density at radius 1 is 1.45 bits per heavy atom. The number of thiophene rings is 1. The van der Waals surface area contributed by atoms with Gasteiger partial charge in [0.05, 0.1) is 10.9 Å². The first-order valence-electron chi connectivity index (χ1n) is 5.76. The molecule has 0 aliphatic rings. The Bertz CT molecular complexity index is 682. The summed E-state index contributed by atoms with van der Waals surface area (Å²) < 4.78 is 1.85. The summed E-state index contributed by atoms with van der Waals surface area (Å²) in [5.74, 6) is 0.327. The second-order valence-corrected chi connectivity index (χ2v) is 5.97. The van der Waals surface area contributed by atoms with E-state index in [2.05, 4.69) is 10.4 Å². The molecule has 0 bridgehead atoms. The first-order valence-corrected chi connectivity index (χ1v) is 6.96. The van der Waals surface area contributed by atoms with E-state index in [0.29, 0.717) is 16.7 Å². The van der Waals surface area contributed by atoms with Crippen molar-refractivity contribution in [3.63, 3.8) is 0 Å². The average molecular weight is 313 g/mol. The third kappa shape index (κ3) is 3.58. The van der Waals surface area contributed by atoms with E-state index >= 15 is 0 Å². The lowest BCUT2D eigenvalue weighted by Gasteiger charge is -2.16. The number of halogens is 1. The Morgan fingerprint density at radius 3 is 2.80 bits per heavy atom. The van der Waals surface area contributed by atoms with Crippen LogP contribution in [0, 0.1) is 0 Å². The summed E-state index contributed by atoms with van der Waals surface area (Å²) in [6.45, 7) is 0.453. The molecule has 2 aromatic heterocycles. The SMILES string of the molecule is CN(Cc1ccc(Cl)s1)C(=O)Nc1ccc(=O)n(C)n1. The molecule has 0 radical (unpaired) electrons. The number of aromatic nitrogens is 2. The van der Waals surface area contributed by atoms with Crippen LogP contribution in [0.25, 0.3) is 0 Å². The van der Waals surface area contributed by atoms with Crippen molar-refractivity contribution >= 4 is 34.8 Å². The van der Waals surface area contributed by atoms with Crippen molar-refractivity contribution in [3.05, 3.63) is 43.8 Å². The normalized spacial score (nSPS) is 10.3. The van der Waals surface area contributed by atoms with Crippen molar-refractivity contribution in [3.8, 4) is 0 Å². The van der Waals surface area contributed by atoms with E-state index in [9.17, 15) is 9.59 Å². The van der Waals surface area contributed by atoms with Crippen LogP contribution in [-0.4, -0.2) is 27.8 Å². The van der Waals surface area contributed by atoms with Crippen molar-refractivity contribution in [1.82, 2.24) is 14.7 Å². The van der Waals surface area contributed by atoms with Gasteiger partial charge in [-0.25, -0.2) is 9.48 Å². The third-order valence-electron chi connectivity index (χ3n) is 2.56. The summed E-state index contributed by atoms with van der Waals surface area (Å²) in [5, 5.41) is 6.56. The van der Waals surface area contributed by atoms with Gasteiger partial charge in [-0.2, -0.15) is 5.10 Å². The molecule has 0 saturated heterocycles. The van der Waals surface area contributed by atoms with E-state index in [-0.39, 0.29) is 11.6 Å². The minimum atomic E-state index is -0.305. The maximum Gasteiger partial charge on any atom is 0.323 e. The minimum Gasteiger partial charge on any atom is -0.322 e. The Hall–Kier alpha value is -1.86. The first kappa shape index (κ1) is 14.5. The Labute approximate surface area is 124 Å². The second kappa shape index (κ2) is 6.06. The number of hydrogen-bond acceptors (Lipinski definition) is 4. The van der Waals surface area contributed by atoms with Gasteiger partial charge in [0, 0.05) is 25.0 Å². The van der Waals surface area contributed by atoms with E-state index in [1.54, 1.807) is 13.1 Å². The van der Waals surface area contributed by atoms with Crippen molar-refractivity contribution in [1.29, 1.82) is 0 Å². The molecule has 0 atom stereocenters. The number of aryl methyl sites for hydroxylation is 1. The molecule has 0 unspecified atom stereocenters. The highest BCUT2D eigenvalue weighted by atomic mass is 35.5. The number of hydrogen-bond donors (Lipinski definition) is 1. The lowest BCUT2D eigenvalue weighted by Crippen LogP contribution is -2.31. The van der Waals surface area contributed by atoms with Gasteiger partial charge in [-0.15, -0.1) is 11.3 Å². The molecule has 0 aliphatic heterocycles. The zero-order valence-electron chi connectivity index (χ0n) is 11.0. The monoisotopic (exact) mass is 312 g/mol. The molecule has 0 spiro atoms. The zero-order chi connectivity index (χ0) is 14.7. The van der Waals surface area contributed by atoms with Gasteiger partial charge >= 0.3 is 6.03 Å². The predicted molar refractivity (Wildman–Crippen MR) is 79.3 cm³/mol. The van der Waals surface area contributed by atoms with E-state index < -0.39 is 0 Å². The smallest absolute Gasteiger partial charge is 0.322 e. The van der Waals surface area contributed by atoms with Crippen LogP contribution in [0.15, 0.2) is 29.1 Å². The quantitative estimate of drug-likeness (QED) is 0.944. The molecule has 2 heterocycles. The topological polar surface area (TPSA) is 67.2 Å². The molecule has 0 aromatic carbocycles. The van der Waals surface area contributed by atoms with Crippen LogP contribution < -0.4 is 10.9 Å². The van der Waals surface area contributed by atoms with Gasteiger partial charge in [-0.05, 0) is 18.2 Å². The summed E-state index contributed by atoms with van der Waals surface area (Å²) in [5.41, 5.74) is -0.232. The van der Waals surface area contributed by atoms with Crippen molar-refractivity contribution in [2.75, 3.05) is 12.4 Å². The van der Waals surface area contributed by atoms with Crippen LogP contribution in [0.5, 0.6) is 0 Å².